The minimum atomic E-state index is -5.31. The van der Waals surface area contributed by atoms with Gasteiger partial charge in [0.2, 0.25) is 5.54 Å². The predicted octanol–water partition coefficient (Wildman–Crippen LogP) is 4.45. The van der Waals surface area contributed by atoms with Crippen LogP contribution in [0.4, 0.5) is 18.9 Å². The van der Waals surface area contributed by atoms with E-state index in [4.69, 9.17) is 21.1 Å². The van der Waals surface area contributed by atoms with Gasteiger partial charge in [0, 0.05) is 31.1 Å². The maximum atomic E-state index is 15.8. The van der Waals surface area contributed by atoms with Gasteiger partial charge < -0.3 is 29.5 Å². The topological polar surface area (TPSA) is 135 Å². The molecular weight excluding hydrogens is 741 g/mol. The zero-order chi connectivity index (χ0) is 39.1. The second-order valence-electron chi connectivity index (χ2n) is 13.1. The summed E-state index contributed by atoms with van der Waals surface area (Å²) in [4.78, 5) is 30.7. The number of hydrogen-bond donors (Lipinski definition) is 2. The summed E-state index contributed by atoms with van der Waals surface area (Å²) in [6, 6.07) is 10.8. The van der Waals surface area contributed by atoms with Crippen LogP contribution >= 0.6 is 11.6 Å². The largest absolute Gasteiger partial charge is 0.573 e. The number of nitrogens with one attached hydrogen (secondary N) is 1. The summed E-state index contributed by atoms with van der Waals surface area (Å²) in [6.45, 7) is 6.07. The number of alkyl halides is 3. The van der Waals surface area contributed by atoms with Crippen molar-refractivity contribution in [2.45, 2.75) is 55.6 Å². The van der Waals surface area contributed by atoms with E-state index >= 15 is 4.79 Å². The highest BCUT2D eigenvalue weighted by molar-refractivity contribution is 7.93. The monoisotopic (exact) mass is 783 g/mol. The molecule has 17 heteroatoms. The van der Waals surface area contributed by atoms with Crippen molar-refractivity contribution in [1.29, 1.82) is 0 Å². The van der Waals surface area contributed by atoms with Crippen molar-refractivity contribution in [3.05, 3.63) is 76.3 Å². The van der Waals surface area contributed by atoms with Crippen LogP contribution in [0, 0.1) is 0 Å². The number of carbonyl (C=O) groups is 2. The number of carbonyl (C=O) groups excluding carboxylic acids is 2. The number of nitrogens with zero attached hydrogens (tertiary/aromatic N) is 3. The molecule has 2 heterocycles. The Morgan fingerprint density at radius 1 is 1.06 bits per heavy atom. The van der Waals surface area contributed by atoms with Crippen LogP contribution in [-0.2, 0) is 31.6 Å². The molecular formula is C36H43ClF3N4O8S+. The van der Waals surface area contributed by atoms with E-state index in [9.17, 15) is 31.5 Å². The molecule has 4 atom stereocenters. The van der Waals surface area contributed by atoms with Gasteiger partial charge in [0.25, 0.3) is 15.9 Å². The number of benzene rings is 3. The van der Waals surface area contributed by atoms with E-state index in [1.165, 1.54) is 39.5 Å². The van der Waals surface area contributed by atoms with E-state index in [0.717, 1.165) is 36.9 Å². The summed E-state index contributed by atoms with van der Waals surface area (Å²) in [7, 11) is 0.282. The first-order chi connectivity index (χ1) is 24.9. The number of aliphatic hydroxyl groups is 1. The van der Waals surface area contributed by atoms with Crippen LogP contribution in [-0.4, -0.2) is 108 Å². The van der Waals surface area contributed by atoms with Gasteiger partial charge in [-0.1, -0.05) is 31.5 Å². The molecule has 1 fully saturated rings. The molecule has 3 aromatic carbocycles. The Morgan fingerprint density at radius 3 is 2.36 bits per heavy atom. The summed E-state index contributed by atoms with van der Waals surface area (Å²) >= 11 is 6.61. The number of fused-ring (bicyclic) bond motifs is 1. The van der Waals surface area contributed by atoms with Crippen LogP contribution in [0.3, 0.4) is 0 Å². The fourth-order valence-electron chi connectivity index (χ4n) is 7.80. The molecule has 2 amide bonds. The average molecular weight is 784 g/mol. The van der Waals surface area contributed by atoms with E-state index in [0.29, 0.717) is 17.3 Å². The Morgan fingerprint density at radius 2 is 1.75 bits per heavy atom. The summed E-state index contributed by atoms with van der Waals surface area (Å²) in [5, 5.41) is 13.9. The molecule has 0 aliphatic carbocycles. The molecule has 288 valence electrons. The number of amides is 2. The first-order valence-electron chi connectivity index (χ1n) is 16.9. The lowest BCUT2D eigenvalue weighted by molar-refractivity contribution is -0.953. The summed E-state index contributed by atoms with van der Waals surface area (Å²) < 4.78 is 85.8. The van der Waals surface area contributed by atoms with E-state index in [2.05, 4.69) is 15.0 Å². The van der Waals surface area contributed by atoms with Gasteiger partial charge in [-0.15, -0.1) is 13.2 Å². The van der Waals surface area contributed by atoms with Crippen LogP contribution in [0.25, 0.3) is 0 Å². The van der Waals surface area contributed by atoms with Gasteiger partial charge >= 0.3 is 12.3 Å². The molecule has 53 heavy (non-hydrogen) atoms. The van der Waals surface area contributed by atoms with Crippen LogP contribution < -0.4 is 23.8 Å². The Hall–Kier alpha value is -4.09. The van der Waals surface area contributed by atoms with Crippen LogP contribution in [0.5, 0.6) is 17.2 Å². The molecule has 0 aromatic heterocycles. The van der Waals surface area contributed by atoms with E-state index in [-0.39, 0.29) is 46.3 Å². The van der Waals surface area contributed by atoms with Crippen molar-refractivity contribution in [3.8, 4) is 17.2 Å². The van der Waals surface area contributed by atoms with Gasteiger partial charge in [0.1, 0.15) is 29.0 Å². The number of sulfonamides is 1. The average Bonchev–Trinajstić information content (AvgIpc) is 3.57. The third-order valence-electron chi connectivity index (χ3n) is 10.3. The zero-order valence-electron chi connectivity index (χ0n) is 30.2. The first-order valence-corrected chi connectivity index (χ1v) is 18.7. The second-order valence-corrected chi connectivity index (χ2v) is 15.3. The first kappa shape index (κ1) is 40.1. The number of ether oxygens (including phenoxy) is 3. The maximum Gasteiger partial charge on any atom is 0.573 e. The number of aliphatic hydroxyl groups excluding tert-OH is 1. The van der Waals surface area contributed by atoms with E-state index < -0.39 is 61.0 Å². The number of likely N-dealkylation sites (N-methyl/N-ethyl adjacent to an activating group) is 3. The highest BCUT2D eigenvalue weighted by Crippen LogP contribution is 2.58. The number of methoxy groups -OCH3 is 2. The molecule has 0 bridgehead atoms. The molecule has 2 aliphatic heterocycles. The molecule has 5 rings (SSSR count). The lowest BCUT2D eigenvalue weighted by Gasteiger charge is -2.48. The lowest BCUT2D eigenvalue weighted by atomic mass is 9.78. The standard InChI is InChI=1S/C36H42ClF3N4O8S/c1-7-42(8-2)16-15-22-9-13-30(51-6)27(17-22)35(44(4)21-24(45)19-29(44)33(46)41-3)26-18-23(37)10-12-28(26)43(34(35)47)53(48,49)32-14-11-25(50-5)20-31(32)52-36(38,39)40/h9-14,17-18,20,24,29,45H,7-8,15-16,19,21H2,1-6H3/p+1/t24-,29+,35?,44?/m1/s1. The highest BCUT2D eigenvalue weighted by Gasteiger charge is 2.72. The van der Waals surface area contributed by atoms with E-state index in [1.807, 2.05) is 19.9 Å². The summed E-state index contributed by atoms with van der Waals surface area (Å²) in [6.07, 6.45) is -6.02. The number of rotatable bonds is 13. The molecule has 0 spiro atoms. The molecule has 2 aliphatic rings. The Bertz CT molecular complexity index is 2000. The zero-order valence-corrected chi connectivity index (χ0v) is 31.7. The molecule has 3 aromatic rings. The van der Waals surface area contributed by atoms with Gasteiger partial charge in [-0.25, -0.2) is 8.42 Å². The summed E-state index contributed by atoms with van der Waals surface area (Å²) in [5.41, 5.74) is -1.43. The Balaban J connectivity index is 1.89. The minimum Gasteiger partial charge on any atom is -0.497 e. The quantitative estimate of drug-likeness (QED) is 0.242. The van der Waals surface area contributed by atoms with Gasteiger partial charge in [-0.3, -0.25) is 14.1 Å². The Kier molecular flexibility index (Phi) is 11.3. The lowest BCUT2D eigenvalue weighted by Crippen LogP contribution is -2.69. The third kappa shape index (κ3) is 6.91. The van der Waals surface area contributed by atoms with Crippen molar-refractivity contribution in [2.24, 2.45) is 0 Å². The van der Waals surface area contributed by atoms with Gasteiger partial charge in [-0.05, 0) is 67.5 Å². The summed E-state index contributed by atoms with van der Waals surface area (Å²) in [5.74, 6) is -2.77. The maximum absolute atomic E-state index is 15.8. The molecule has 0 radical (unpaired) electrons. The van der Waals surface area contributed by atoms with Gasteiger partial charge in [0.15, 0.2) is 11.8 Å². The number of anilines is 1. The molecule has 0 saturated carbocycles. The molecule has 12 nitrogen and oxygen atoms in total. The van der Waals surface area contributed by atoms with Crippen LogP contribution in [0.2, 0.25) is 5.02 Å². The number of hydrogen-bond acceptors (Lipinski definition) is 9. The Labute approximate surface area is 311 Å². The van der Waals surface area contributed by atoms with Crippen molar-refractivity contribution in [3.63, 3.8) is 0 Å². The number of quaternary nitrogens is 1. The van der Waals surface area contributed by atoms with Gasteiger partial charge in [-0.2, -0.15) is 4.31 Å². The van der Waals surface area contributed by atoms with Crippen LogP contribution in [0.15, 0.2) is 59.5 Å². The molecule has 1 saturated heterocycles. The minimum absolute atomic E-state index is 0.0371. The third-order valence-corrected chi connectivity index (χ3v) is 12.3. The van der Waals surface area contributed by atoms with Crippen molar-refractivity contribution in [2.75, 3.05) is 58.8 Å². The van der Waals surface area contributed by atoms with Crippen LogP contribution in [0.1, 0.15) is 37.0 Å². The van der Waals surface area contributed by atoms with Gasteiger partial charge in [0.05, 0.1) is 38.1 Å². The number of halogens is 4. The smallest absolute Gasteiger partial charge is 0.497 e. The normalized spacial score (nSPS) is 22.9. The fourth-order valence-corrected chi connectivity index (χ4v) is 9.53. The molecule has 2 N–H and O–H groups in total. The highest BCUT2D eigenvalue weighted by atomic mass is 35.5. The van der Waals surface area contributed by atoms with Crippen molar-refractivity contribution in [1.82, 2.24) is 10.2 Å². The second kappa shape index (κ2) is 15.0. The van der Waals surface area contributed by atoms with E-state index in [1.54, 1.807) is 19.2 Å². The number of likely N-dealkylation sites (tertiary alicyclic amines) is 1. The SMILES string of the molecule is CCN(CC)CCc1ccc(OC)c(C2([N+]3(C)C[C@H](O)C[C@H]3C(=O)NC)C(=O)N(S(=O)(=O)c3ccc(OC)cc3OC(F)(F)F)c3ccc(Cl)cc32)c1. The molecule has 2 unspecified atom stereocenters. The van der Waals surface area contributed by atoms with Crippen molar-refractivity contribution >= 4 is 39.1 Å². The predicted molar refractivity (Wildman–Crippen MR) is 191 cm³/mol. The fraction of sp³-hybridized carbons (Fsp3) is 0.444. The van der Waals surface area contributed by atoms with Crippen molar-refractivity contribution < 1.29 is 55.0 Å².